The Kier molecular flexibility index (Phi) is 19.9. The number of quaternary nitrogens is 2. The Morgan fingerprint density at radius 3 is 0.851 bits per heavy atom. The fourth-order valence-electron chi connectivity index (χ4n) is 5.01. The molecule has 0 aromatic heterocycles. The smallest absolute Gasteiger partial charge is 0.370 e. The van der Waals surface area contributed by atoms with Gasteiger partial charge in [-0.15, -0.1) is 0 Å². The summed E-state index contributed by atoms with van der Waals surface area (Å²) in [6, 6.07) is 0. The minimum atomic E-state index is -8.15. The van der Waals surface area contributed by atoms with Gasteiger partial charge in [0, 0.05) is 38.8 Å². The zero-order chi connectivity index (χ0) is 54.0. The monoisotopic (exact) mass is 1100 g/mol. The third kappa shape index (κ3) is 14.5. The lowest BCUT2D eigenvalue weighted by atomic mass is 9.93. The number of hydrogen-bond donors (Lipinski definition) is 2. The van der Waals surface area contributed by atoms with Crippen molar-refractivity contribution in [2.45, 2.75) is 97.3 Å². The average molecular weight is 1100 g/mol. The SMILES string of the molecule is C[N+](C)(CCCNS(=O)(=O)CCC(F)(F)C(F)(F)C(F)(F)C(F)(F)C(F)(F)C(F)(F)F)CCOCC[N+](C)(C)CCCNS(=O)(=O)CCC(F)(F)C(F)(F)C(F)(F)C(F)(F)C(F)(F)C(F)(F)F. The van der Waals surface area contributed by atoms with E-state index in [1.165, 1.54) is 28.2 Å². The maximum atomic E-state index is 14.0. The first kappa shape index (κ1) is 64.9. The number of halogens is 26. The van der Waals surface area contributed by atoms with Gasteiger partial charge in [0.2, 0.25) is 20.0 Å². The van der Waals surface area contributed by atoms with Gasteiger partial charge in [-0.2, -0.15) is 114 Å². The molecule has 0 radical (unpaired) electrons. The van der Waals surface area contributed by atoms with Crippen LogP contribution in [0.5, 0.6) is 0 Å². The van der Waals surface area contributed by atoms with Crippen molar-refractivity contribution in [1.82, 2.24) is 9.44 Å². The second-order valence-corrected chi connectivity index (χ2v) is 19.9. The Morgan fingerprint density at radius 2 is 0.612 bits per heavy atom. The number of rotatable bonds is 30. The van der Waals surface area contributed by atoms with Gasteiger partial charge in [-0.25, -0.2) is 26.3 Å². The van der Waals surface area contributed by atoms with Gasteiger partial charge in [0.25, 0.3) is 0 Å². The molecular weight excluding hydrogens is 1050 g/mol. The van der Waals surface area contributed by atoms with E-state index < -0.39 is 129 Å². The van der Waals surface area contributed by atoms with Crippen molar-refractivity contribution in [3.63, 3.8) is 0 Å². The van der Waals surface area contributed by atoms with E-state index in [2.05, 4.69) is 0 Å². The Morgan fingerprint density at radius 1 is 0.373 bits per heavy atom. The highest BCUT2D eigenvalue weighted by Crippen LogP contribution is 2.62. The Bertz CT molecular complexity index is 1710. The molecule has 0 aliphatic rings. The van der Waals surface area contributed by atoms with Crippen LogP contribution in [0.2, 0.25) is 0 Å². The molecule has 0 saturated carbocycles. The van der Waals surface area contributed by atoms with Crippen LogP contribution in [0.25, 0.3) is 0 Å². The lowest BCUT2D eigenvalue weighted by Gasteiger charge is -2.39. The molecule has 2 N–H and O–H groups in total. The van der Waals surface area contributed by atoms with Crippen LogP contribution in [-0.4, -0.2) is 190 Å². The Hall–Kier alpha value is -2.12. The van der Waals surface area contributed by atoms with Crippen molar-refractivity contribution in [3.05, 3.63) is 0 Å². The molecule has 0 spiro atoms. The van der Waals surface area contributed by atoms with Crippen molar-refractivity contribution in [3.8, 4) is 0 Å². The maximum Gasteiger partial charge on any atom is 0.460 e. The molecule has 404 valence electrons. The summed E-state index contributed by atoms with van der Waals surface area (Å²) in [5.74, 6) is -81.3. The summed E-state index contributed by atoms with van der Waals surface area (Å²) in [5, 5.41) is 0. The van der Waals surface area contributed by atoms with Gasteiger partial charge in [0.05, 0.1) is 66.0 Å². The number of nitrogens with zero attached hydrogens (tertiary/aromatic N) is 2. The van der Waals surface area contributed by atoms with Crippen molar-refractivity contribution in [2.75, 3.05) is 92.2 Å². The molecule has 0 rings (SSSR count). The second-order valence-electron chi connectivity index (χ2n) is 16.0. The highest BCUT2D eigenvalue weighted by molar-refractivity contribution is 7.89. The van der Waals surface area contributed by atoms with E-state index in [1.807, 2.05) is 0 Å². The largest absolute Gasteiger partial charge is 0.460 e. The van der Waals surface area contributed by atoms with E-state index in [0.29, 0.717) is 0 Å². The molecule has 0 heterocycles. The van der Waals surface area contributed by atoms with Gasteiger partial charge in [-0.1, -0.05) is 0 Å². The Balaban J connectivity index is 4.98. The van der Waals surface area contributed by atoms with E-state index in [9.17, 15) is 131 Å². The van der Waals surface area contributed by atoms with E-state index in [-0.39, 0.29) is 61.2 Å². The van der Waals surface area contributed by atoms with Gasteiger partial charge in [-0.3, -0.25) is 0 Å². The molecule has 67 heavy (non-hydrogen) atoms. The van der Waals surface area contributed by atoms with Crippen LogP contribution in [0.15, 0.2) is 0 Å². The van der Waals surface area contributed by atoms with Gasteiger partial charge in [-0.05, 0) is 0 Å². The zero-order valence-electron chi connectivity index (χ0n) is 34.5. The molecule has 9 nitrogen and oxygen atoms in total. The van der Waals surface area contributed by atoms with E-state index >= 15 is 0 Å². The molecule has 0 aromatic carbocycles. The third-order valence-electron chi connectivity index (χ3n) is 9.57. The van der Waals surface area contributed by atoms with E-state index in [1.54, 1.807) is 9.44 Å². The van der Waals surface area contributed by atoms with Gasteiger partial charge >= 0.3 is 71.6 Å². The summed E-state index contributed by atoms with van der Waals surface area (Å²) >= 11 is 0. The summed E-state index contributed by atoms with van der Waals surface area (Å²) in [6.07, 6.45) is -21.5. The number of nitrogens with one attached hydrogen (secondary N) is 2. The Labute approximate surface area is 363 Å². The van der Waals surface area contributed by atoms with Gasteiger partial charge in [0.1, 0.15) is 13.1 Å². The van der Waals surface area contributed by atoms with Gasteiger partial charge < -0.3 is 13.7 Å². The quantitative estimate of drug-likeness (QED) is 0.0432. The van der Waals surface area contributed by atoms with Crippen LogP contribution < -0.4 is 9.44 Å². The lowest BCUT2D eigenvalue weighted by molar-refractivity contribution is -0.894. The number of ether oxygens (including phenoxy) is 1. The average Bonchev–Trinajstić information content (AvgIpc) is 3.12. The molecule has 0 aliphatic carbocycles. The minimum Gasteiger partial charge on any atom is -0.370 e. The highest BCUT2D eigenvalue weighted by atomic mass is 32.2. The molecular formula is C30H42F26N4O5S2+2. The molecule has 0 amide bonds. The third-order valence-corrected chi connectivity index (χ3v) is 12.3. The van der Waals surface area contributed by atoms with Crippen LogP contribution in [0.4, 0.5) is 114 Å². The molecule has 0 fully saturated rings. The van der Waals surface area contributed by atoms with Crippen LogP contribution in [0, 0.1) is 0 Å². The summed E-state index contributed by atoms with van der Waals surface area (Å²) in [6.45, 7) is -1.09. The zero-order valence-corrected chi connectivity index (χ0v) is 36.1. The summed E-state index contributed by atoms with van der Waals surface area (Å²) in [5.41, 5.74) is 0. The first-order chi connectivity index (χ1) is 29.0. The normalized spacial score (nSPS) is 16.0. The van der Waals surface area contributed by atoms with Crippen molar-refractivity contribution in [2.24, 2.45) is 0 Å². The van der Waals surface area contributed by atoms with Crippen LogP contribution in [0.3, 0.4) is 0 Å². The van der Waals surface area contributed by atoms with Crippen LogP contribution in [-0.2, 0) is 24.8 Å². The number of sulfonamides is 2. The molecule has 0 aliphatic heterocycles. The fourth-order valence-corrected chi connectivity index (χ4v) is 7.26. The second kappa shape index (κ2) is 20.5. The number of likely N-dealkylation sites (N-methyl/N-ethyl adjacent to an activating group) is 2. The van der Waals surface area contributed by atoms with E-state index in [0.717, 1.165) is 0 Å². The van der Waals surface area contributed by atoms with Crippen molar-refractivity contribution >= 4 is 20.0 Å². The standard InChI is InChI=1S/C30H42F26N4O5S2/c1-59(2,11-5-9-57-66(61,62)17-7-19(31,32)21(35,36)23(39,40)25(43,44)27(47,48)29(51,52)53)13-15-65-16-14-60(3,4)12-6-10-58-67(63,64)18-8-20(33,34)22(37,38)24(41,42)26(45,46)28(49,50)30(54,55)56/h57-58H,5-18H2,1-4H3/q+2. The predicted molar refractivity (Wildman–Crippen MR) is 178 cm³/mol. The topological polar surface area (TPSA) is 102 Å². The highest BCUT2D eigenvalue weighted by Gasteiger charge is 2.92. The maximum absolute atomic E-state index is 14.0. The van der Waals surface area contributed by atoms with Gasteiger partial charge in [0.15, 0.2) is 0 Å². The summed E-state index contributed by atoms with van der Waals surface area (Å²) in [7, 11) is -4.17. The fraction of sp³-hybridized carbons (Fsp3) is 1.00. The summed E-state index contributed by atoms with van der Waals surface area (Å²) in [4.78, 5) is 0. The van der Waals surface area contributed by atoms with Crippen molar-refractivity contribution < 1.29 is 145 Å². The molecule has 0 unspecified atom stereocenters. The molecule has 0 atom stereocenters. The molecule has 0 aromatic rings. The molecule has 0 bridgehead atoms. The van der Waals surface area contributed by atoms with Crippen molar-refractivity contribution in [1.29, 1.82) is 0 Å². The summed E-state index contributed by atoms with van der Waals surface area (Å²) < 4.78 is 401. The first-order valence-electron chi connectivity index (χ1n) is 18.1. The van der Waals surface area contributed by atoms with Crippen LogP contribution >= 0.6 is 0 Å². The lowest BCUT2D eigenvalue weighted by Crippen LogP contribution is -2.70. The van der Waals surface area contributed by atoms with E-state index in [4.69, 9.17) is 4.74 Å². The number of alkyl halides is 26. The minimum absolute atomic E-state index is 0.00272. The molecule has 37 heteroatoms. The molecule has 0 saturated heterocycles. The predicted octanol–water partition coefficient (Wildman–Crippen LogP) is 8.03. The van der Waals surface area contributed by atoms with Crippen LogP contribution in [0.1, 0.15) is 25.7 Å². The first-order valence-corrected chi connectivity index (χ1v) is 21.4. The number of hydrogen-bond acceptors (Lipinski definition) is 5.